The molecule has 1 aliphatic heterocycles. The van der Waals surface area contributed by atoms with Crippen molar-refractivity contribution < 1.29 is 18.7 Å². The highest BCUT2D eigenvalue weighted by Crippen LogP contribution is 2.19. The van der Waals surface area contributed by atoms with Crippen LogP contribution in [0, 0.1) is 0 Å². The van der Waals surface area contributed by atoms with Crippen LogP contribution < -0.4 is 4.74 Å². The fourth-order valence-corrected chi connectivity index (χ4v) is 2.92. The van der Waals surface area contributed by atoms with Crippen molar-refractivity contribution in [3.8, 4) is 5.75 Å². The second-order valence-electron chi connectivity index (χ2n) is 5.81. The van der Waals surface area contributed by atoms with Crippen LogP contribution in [-0.4, -0.2) is 53.9 Å². The lowest BCUT2D eigenvalue weighted by molar-refractivity contribution is -0.139. The van der Waals surface area contributed by atoms with Crippen molar-refractivity contribution in [2.45, 2.75) is 13.0 Å². The molecule has 2 amide bonds. The first-order chi connectivity index (χ1) is 12.0. The predicted molar refractivity (Wildman–Crippen MR) is 92.7 cm³/mol. The van der Waals surface area contributed by atoms with Gasteiger partial charge in [-0.3, -0.25) is 9.59 Å². The maximum atomic E-state index is 12.5. The van der Waals surface area contributed by atoms with E-state index in [-0.39, 0.29) is 11.8 Å². The summed E-state index contributed by atoms with van der Waals surface area (Å²) in [6.45, 7) is 3.58. The molecule has 1 atom stereocenters. The first-order valence-electron chi connectivity index (χ1n) is 8.08. The standard InChI is InChI=1S/C18H19ClN2O4/c1-13(25-15-5-2-4-14(19)12-15)17(22)20-7-9-21(10-8-20)18(23)16-6-3-11-24-16/h2-6,11-13H,7-10H2,1H3. The van der Waals surface area contributed by atoms with Crippen molar-refractivity contribution in [1.82, 2.24) is 9.80 Å². The van der Waals surface area contributed by atoms with E-state index in [2.05, 4.69) is 0 Å². The van der Waals surface area contributed by atoms with Gasteiger partial charge >= 0.3 is 0 Å². The SMILES string of the molecule is CC(Oc1cccc(Cl)c1)C(=O)N1CCN(C(=O)c2ccco2)CC1. The molecule has 0 N–H and O–H groups in total. The molecule has 1 aliphatic rings. The molecule has 1 aromatic heterocycles. The van der Waals surface area contributed by atoms with Gasteiger partial charge in [0.1, 0.15) is 5.75 Å². The number of furan rings is 1. The molecular formula is C18H19ClN2O4. The van der Waals surface area contributed by atoms with E-state index in [9.17, 15) is 9.59 Å². The average Bonchev–Trinajstić information content (AvgIpc) is 3.15. The van der Waals surface area contributed by atoms with E-state index in [1.165, 1.54) is 6.26 Å². The van der Waals surface area contributed by atoms with Crippen LogP contribution in [0.25, 0.3) is 0 Å². The molecule has 0 bridgehead atoms. The third-order valence-electron chi connectivity index (χ3n) is 4.07. The van der Waals surface area contributed by atoms with Crippen LogP contribution in [0.3, 0.4) is 0 Å². The molecule has 1 saturated heterocycles. The van der Waals surface area contributed by atoms with Gasteiger partial charge in [-0.05, 0) is 37.3 Å². The van der Waals surface area contributed by atoms with Crippen LogP contribution in [0.1, 0.15) is 17.5 Å². The van der Waals surface area contributed by atoms with Crippen molar-refractivity contribution >= 4 is 23.4 Å². The Morgan fingerprint density at radius 1 is 1.12 bits per heavy atom. The first-order valence-corrected chi connectivity index (χ1v) is 8.46. The topological polar surface area (TPSA) is 63.0 Å². The summed E-state index contributed by atoms with van der Waals surface area (Å²) in [7, 11) is 0. The van der Waals surface area contributed by atoms with Gasteiger partial charge in [0, 0.05) is 31.2 Å². The van der Waals surface area contributed by atoms with Crippen molar-refractivity contribution in [1.29, 1.82) is 0 Å². The molecular weight excluding hydrogens is 344 g/mol. The summed E-state index contributed by atoms with van der Waals surface area (Å²) in [6.07, 6.45) is 0.854. The second kappa shape index (κ2) is 7.61. The highest BCUT2D eigenvalue weighted by molar-refractivity contribution is 6.30. The fourth-order valence-electron chi connectivity index (χ4n) is 2.74. The van der Waals surface area contributed by atoms with Crippen LogP contribution in [0.2, 0.25) is 5.02 Å². The number of ether oxygens (including phenoxy) is 1. The maximum Gasteiger partial charge on any atom is 0.289 e. The number of rotatable bonds is 4. The lowest BCUT2D eigenvalue weighted by Crippen LogP contribution is -2.53. The van der Waals surface area contributed by atoms with E-state index in [1.54, 1.807) is 53.1 Å². The summed E-state index contributed by atoms with van der Waals surface area (Å²) in [5.41, 5.74) is 0. The van der Waals surface area contributed by atoms with Gasteiger partial charge in [0.15, 0.2) is 11.9 Å². The molecule has 0 saturated carbocycles. The van der Waals surface area contributed by atoms with Gasteiger partial charge in [-0.15, -0.1) is 0 Å². The van der Waals surface area contributed by atoms with Gasteiger partial charge in [0.2, 0.25) is 0 Å². The number of nitrogens with zero attached hydrogens (tertiary/aromatic N) is 2. The Hall–Kier alpha value is -2.47. The fraction of sp³-hybridized carbons (Fsp3) is 0.333. The zero-order valence-electron chi connectivity index (χ0n) is 13.9. The Morgan fingerprint density at radius 3 is 2.48 bits per heavy atom. The van der Waals surface area contributed by atoms with E-state index in [1.807, 2.05) is 0 Å². The number of carbonyl (C=O) groups is 2. The van der Waals surface area contributed by atoms with Crippen LogP contribution in [-0.2, 0) is 4.79 Å². The predicted octanol–water partition coefficient (Wildman–Crippen LogP) is 2.68. The summed E-state index contributed by atoms with van der Waals surface area (Å²) < 4.78 is 10.8. The van der Waals surface area contributed by atoms with Crippen molar-refractivity contribution in [3.63, 3.8) is 0 Å². The Morgan fingerprint density at radius 2 is 1.84 bits per heavy atom. The Kier molecular flexibility index (Phi) is 5.28. The minimum atomic E-state index is -0.620. The molecule has 2 aromatic rings. The third kappa shape index (κ3) is 4.14. The van der Waals surface area contributed by atoms with E-state index in [0.29, 0.717) is 42.7 Å². The number of halogens is 1. The third-order valence-corrected chi connectivity index (χ3v) is 4.30. The van der Waals surface area contributed by atoms with Gasteiger partial charge in [-0.1, -0.05) is 17.7 Å². The molecule has 132 valence electrons. The van der Waals surface area contributed by atoms with Crippen molar-refractivity contribution in [2.75, 3.05) is 26.2 Å². The monoisotopic (exact) mass is 362 g/mol. The normalized spacial score (nSPS) is 15.8. The Labute approximate surface area is 150 Å². The minimum Gasteiger partial charge on any atom is -0.481 e. The zero-order chi connectivity index (χ0) is 17.8. The molecule has 1 unspecified atom stereocenters. The van der Waals surface area contributed by atoms with E-state index in [4.69, 9.17) is 20.8 Å². The van der Waals surface area contributed by atoms with Gasteiger partial charge in [-0.2, -0.15) is 0 Å². The van der Waals surface area contributed by atoms with Gasteiger partial charge in [0.25, 0.3) is 11.8 Å². The molecule has 2 heterocycles. The molecule has 3 rings (SSSR count). The molecule has 7 heteroatoms. The smallest absolute Gasteiger partial charge is 0.289 e. The molecule has 0 aliphatic carbocycles. The number of benzene rings is 1. The quantitative estimate of drug-likeness (QED) is 0.839. The highest BCUT2D eigenvalue weighted by Gasteiger charge is 2.29. The number of hydrogen-bond acceptors (Lipinski definition) is 4. The molecule has 25 heavy (non-hydrogen) atoms. The zero-order valence-corrected chi connectivity index (χ0v) is 14.6. The van der Waals surface area contributed by atoms with Crippen LogP contribution >= 0.6 is 11.6 Å². The van der Waals surface area contributed by atoms with Gasteiger partial charge in [0.05, 0.1) is 6.26 Å². The van der Waals surface area contributed by atoms with Gasteiger partial charge in [-0.25, -0.2) is 0 Å². The number of piperazine rings is 1. The Bertz CT molecular complexity index is 739. The molecule has 1 aromatic carbocycles. The first kappa shape index (κ1) is 17.4. The van der Waals surface area contributed by atoms with E-state index < -0.39 is 6.10 Å². The van der Waals surface area contributed by atoms with E-state index in [0.717, 1.165) is 0 Å². The second-order valence-corrected chi connectivity index (χ2v) is 6.25. The molecule has 6 nitrogen and oxygen atoms in total. The number of hydrogen-bond donors (Lipinski definition) is 0. The molecule has 1 fully saturated rings. The summed E-state index contributed by atoms with van der Waals surface area (Å²) >= 11 is 5.92. The largest absolute Gasteiger partial charge is 0.481 e. The van der Waals surface area contributed by atoms with Crippen LogP contribution in [0.4, 0.5) is 0 Å². The van der Waals surface area contributed by atoms with Crippen molar-refractivity contribution in [3.05, 3.63) is 53.4 Å². The molecule has 0 radical (unpaired) electrons. The van der Waals surface area contributed by atoms with Crippen molar-refractivity contribution in [2.24, 2.45) is 0 Å². The number of carbonyl (C=O) groups excluding carboxylic acids is 2. The van der Waals surface area contributed by atoms with Gasteiger partial charge < -0.3 is 19.0 Å². The lowest BCUT2D eigenvalue weighted by atomic mass is 10.2. The van der Waals surface area contributed by atoms with E-state index >= 15 is 0 Å². The maximum absolute atomic E-state index is 12.5. The summed E-state index contributed by atoms with van der Waals surface area (Å²) in [4.78, 5) is 28.2. The molecule has 0 spiro atoms. The van der Waals surface area contributed by atoms with Crippen LogP contribution in [0.5, 0.6) is 5.75 Å². The highest BCUT2D eigenvalue weighted by atomic mass is 35.5. The summed E-state index contributed by atoms with van der Waals surface area (Å²) in [5, 5.41) is 0.558. The summed E-state index contributed by atoms with van der Waals surface area (Å²) in [6, 6.07) is 10.3. The van der Waals surface area contributed by atoms with Crippen LogP contribution in [0.15, 0.2) is 47.1 Å². The average molecular weight is 363 g/mol. The Balaban J connectivity index is 1.53. The lowest BCUT2D eigenvalue weighted by Gasteiger charge is -2.35. The minimum absolute atomic E-state index is 0.106. The summed E-state index contributed by atoms with van der Waals surface area (Å²) in [5.74, 6) is 0.614. The number of amides is 2.